The summed E-state index contributed by atoms with van der Waals surface area (Å²) in [6.07, 6.45) is 2.68. The van der Waals surface area contributed by atoms with Gasteiger partial charge in [0.2, 0.25) is 0 Å². The Morgan fingerprint density at radius 1 is 1.33 bits per heavy atom. The minimum Gasteiger partial charge on any atom is -0.339 e. The second-order valence-corrected chi connectivity index (χ2v) is 4.75. The zero-order valence-corrected chi connectivity index (χ0v) is 11.5. The molecule has 0 spiro atoms. The summed E-state index contributed by atoms with van der Waals surface area (Å²) in [6.45, 7) is 2.12. The van der Waals surface area contributed by atoms with E-state index in [1.54, 1.807) is 12.3 Å². The van der Waals surface area contributed by atoms with E-state index in [2.05, 4.69) is 51.4 Å². The van der Waals surface area contributed by atoms with Gasteiger partial charge < -0.3 is 5.32 Å². The quantitative estimate of drug-likeness (QED) is 0.931. The van der Waals surface area contributed by atoms with Crippen LogP contribution in [0.25, 0.3) is 0 Å². The lowest BCUT2D eigenvalue weighted by Crippen LogP contribution is -1.97. The minimum absolute atomic E-state index is 0.518. The fourth-order valence-corrected chi connectivity index (χ4v) is 1.92. The first kappa shape index (κ1) is 12.6. The largest absolute Gasteiger partial charge is 0.339 e. The monoisotopic (exact) mass is 301 g/mol. The zero-order valence-electron chi connectivity index (χ0n) is 9.94. The number of nitrogens with one attached hydrogen (secondary N) is 1. The van der Waals surface area contributed by atoms with Crippen molar-refractivity contribution in [1.29, 1.82) is 5.26 Å². The molecule has 4 heteroatoms. The van der Waals surface area contributed by atoms with Crippen molar-refractivity contribution >= 4 is 27.4 Å². The van der Waals surface area contributed by atoms with Crippen LogP contribution in [0.5, 0.6) is 0 Å². The molecule has 1 aromatic heterocycles. The third-order valence-electron chi connectivity index (χ3n) is 2.60. The molecule has 90 valence electrons. The number of benzene rings is 1. The van der Waals surface area contributed by atoms with Crippen LogP contribution in [0, 0.1) is 11.3 Å². The predicted octanol–water partition coefficient (Wildman–Crippen LogP) is 4.02. The van der Waals surface area contributed by atoms with Gasteiger partial charge in [0.25, 0.3) is 0 Å². The number of nitriles is 1. The van der Waals surface area contributed by atoms with Crippen molar-refractivity contribution in [1.82, 2.24) is 4.98 Å². The van der Waals surface area contributed by atoms with Crippen LogP contribution in [-0.4, -0.2) is 4.98 Å². The lowest BCUT2D eigenvalue weighted by atomic mass is 10.1. The molecule has 1 heterocycles. The molecule has 2 aromatic rings. The van der Waals surface area contributed by atoms with Crippen molar-refractivity contribution in [3.05, 3.63) is 52.1 Å². The molecule has 0 unspecified atom stereocenters. The maximum absolute atomic E-state index is 9.05. The molecule has 0 bridgehead atoms. The van der Waals surface area contributed by atoms with Crippen LogP contribution < -0.4 is 5.32 Å². The number of hydrogen-bond donors (Lipinski definition) is 1. The second kappa shape index (κ2) is 5.65. The number of anilines is 2. The van der Waals surface area contributed by atoms with E-state index in [1.165, 1.54) is 5.56 Å². The zero-order chi connectivity index (χ0) is 13.0. The van der Waals surface area contributed by atoms with Crippen LogP contribution in [-0.2, 0) is 6.42 Å². The van der Waals surface area contributed by atoms with E-state index in [-0.39, 0.29) is 0 Å². The average molecular weight is 302 g/mol. The molecule has 18 heavy (non-hydrogen) atoms. The van der Waals surface area contributed by atoms with Crippen molar-refractivity contribution in [2.75, 3.05) is 5.32 Å². The minimum atomic E-state index is 0.518. The Bertz CT molecular complexity index is 585. The van der Waals surface area contributed by atoms with Crippen LogP contribution in [0.1, 0.15) is 18.1 Å². The number of pyridine rings is 1. The third-order valence-corrected chi connectivity index (χ3v) is 3.03. The highest BCUT2D eigenvalue weighted by Crippen LogP contribution is 2.21. The van der Waals surface area contributed by atoms with Gasteiger partial charge in [-0.15, -0.1) is 0 Å². The molecule has 2 rings (SSSR count). The van der Waals surface area contributed by atoms with Crippen LogP contribution in [0.4, 0.5) is 11.5 Å². The van der Waals surface area contributed by atoms with E-state index in [4.69, 9.17) is 5.26 Å². The number of halogens is 1. The lowest BCUT2D eigenvalue weighted by Gasteiger charge is -2.08. The molecular weight excluding hydrogens is 290 g/mol. The fraction of sp³-hybridized carbons (Fsp3) is 0.143. The van der Waals surface area contributed by atoms with Crippen LogP contribution in [0.3, 0.4) is 0 Å². The van der Waals surface area contributed by atoms with E-state index < -0.39 is 0 Å². The summed E-state index contributed by atoms with van der Waals surface area (Å²) in [4.78, 5) is 4.21. The first-order valence-electron chi connectivity index (χ1n) is 5.64. The Hall–Kier alpha value is -1.86. The summed E-state index contributed by atoms with van der Waals surface area (Å²) in [5.41, 5.74) is 2.73. The Morgan fingerprint density at radius 3 is 2.67 bits per heavy atom. The second-order valence-electron chi connectivity index (χ2n) is 3.84. The highest BCUT2D eigenvalue weighted by atomic mass is 79.9. The van der Waals surface area contributed by atoms with Crippen molar-refractivity contribution in [3.63, 3.8) is 0 Å². The molecule has 0 aliphatic heterocycles. The van der Waals surface area contributed by atoms with E-state index >= 15 is 0 Å². The maximum atomic E-state index is 9.05. The molecule has 0 fully saturated rings. The van der Waals surface area contributed by atoms with Crippen LogP contribution >= 0.6 is 15.9 Å². The van der Waals surface area contributed by atoms with Gasteiger partial charge in [-0.2, -0.15) is 5.26 Å². The van der Waals surface area contributed by atoms with Crippen LogP contribution in [0.15, 0.2) is 41.0 Å². The highest BCUT2D eigenvalue weighted by Gasteiger charge is 2.04. The smallest absolute Gasteiger partial charge is 0.148 e. The molecule has 0 amide bonds. The summed E-state index contributed by atoms with van der Waals surface area (Å²) < 4.78 is 0.797. The van der Waals surface area contributed by atoms with Gasteiger partial charge in [-0.3, -0.25) is 0 Å². The summed E-state index contributed by atoms with van der Waals surface area (Å²) in [6, 6.07) is 12.0. The third kappa shape index (κ3) is 2.88. The SMILES string of the molecule is CCc1ccc(Nc2ncc(Br)cc2C#N)cc1. The molecule has 0 saturated heterocycles. The maximum Gasteiger partial charge on any atom is 0.148 e. The van der Waals surface area contributed by atoms with Gasteiger partial charge in [-0.25, -0.2) is 4.98 Å². The van der Waals surface area contributed by atoms with Crippen LogP contribution in [0.2, 0.25) is 0 Å². The van der Waals surface area contributed by atoms with Gasteiger partial charge in [0.15, 0.2) is 0 Å². The molecule has 0 atom stereocenters. The normalized spacial score (nSPS) is 9.83. The molecular formula is C14H12BrN3. The molecule has 0 aliphatic rings. The van der Waals surface area contributed by atoms with Gasteiger partial charge in [-0.05, 0) is 46.1 Å². The Labute approximate surface area is 115 Å². The summed E-state index contributed by atoms with van der Waals surface area (Å²) in [7, 11) is 0. The van der Waals surface area contributed by atoms with Crippen molar-refractivity contribution in [3.8, 4) is 6.07 Å². The highest BCUT2D eigenvalue weighted by molar-refractivity contribution is 9.10. The first-order chi connectivity index (χ1) is 8.72. The summed E-state index contributed by atoms with van der Waals surface area (Å²) in [5, 5.41) is 12.2. The van der Waals surface area contributed by atoms with Crippen molar-refractivity contribution in [2.45, 2.75) is 13.3 Å². The fourth-order valence-electron chi connectivity index (χ4n) is 1.58. The topological polar surface area (TPSA) is 48.7 Å². The predicted molar refractivity (Wildman–Crippen MR) is 75.8 cm³/mol. The molecule has 1 aromatic carbocycles. The van der Waals surface area contributed by atoms with E-state index in [0.29, 0.717) is 11.4 Å². The van der Waals surface area contributed by atoms with Gasteiger partial charge in [0.05, 0.1) is 5.56 Å². The molecule has 0 saturated carbocycles. The standard InChI is InChI=1S/C14H12BrN3/c1-2-10-3-5-13(6-4-10)18-14-11(8-16)7-12(15)9-17-14/h3-7,9H,2H2,1H3,(H,17,18). The van der Waals surface area contributed by atoms with E-state index in [9.17, 15) is 0 Å². The summed E-state index contributed by atoms with van der Waals surface area (Å²) >= 11 is 3.30. The Balaban J connectivity index is 2.25. The van der Waals surface area contributed by atoms with Gasteiger partial charge in [0, 0.05) is 16.4 Å². The first-order valence-corrected chi connectivity index (χ1v) is 6.44. The number of rotatable bonds is 3. The molecule has 0 radical (unpaired) electrons. The van der Waals surface area contributed by atoms with Crippen molar-refractivity contribution in [2.24, 2.45) is 0 Å². The number of aryl methyl sites for hydroxylation is 1. The molecule has 1 N–H and O–H groups in total. The van der Waals surface area contributed by atoms with Gasteiger partial charge >= 0.3 is 0 Å². The van der Waals surface area contributed by atoms with E-state index in [1.807, 2.05) is 12.1 Å². The van der Waals surface area contributed by atoms with Gasteiger partial charge in [0.1, 0.15) is 11.9 Å². The van der Waals surface area contributed by atoms with Crippen molar-refractivity contribution < 1.29 is 0 Å². The Kier molecular flexibility index (Phi) is 3.96. The average Bonchev–Trinajstić information content (AvgIpc) is 2.41. The molecule has 0 aliphatic carbocycles. The number of hydrogen-bond acceptors (Lipinski definition) is 3. The Morgan fingerprint density at radius 2 is 2.06 bits per heavy atom. The van der Waals surface area contributed by atoms with E-state index in [0.717, 1.165) is 16.6 Å². The summed E-state index contributed by atoms with van der Waals surface area (Å²) in [5.74, 6) is 0.574. The molecule has 3 nitrogen and oxygen atoms in total. The number of aromatic nitrogens is 1. The number of nitrogens with zero attached hydrogens (tertiary/aromatic N) is 2. The van der Waals surface area contributed by atoms with Gasteiger partial charge in [-0.1, -0.05) is 19.1 Å². The lowest BCUT2D eigenvalue weighted by molar-refractivity contribution is 1.14.